The molecule has 192 valence electrons. The number of hydrogen-bond donors (Lipinski definition) is 0. The lowest BCUT2D eigenvalue weighted by Crippen LogP contribution is -2.70. The van der Waals surface area contributed by atoms with Crippen LogP contribution in [-0.4, -0.2) is 44.7 Å². The summed E-state index contributed by atoms with van der Waals surface area (Å²) in [4.78, 5) is 44.1. The highest BCUT2D eigenvalue weighted by molar-refractivity contribution is 6.14. The SMILES string of the molecule is C#CCN1C(=O)[C@]2(c3ccccc31)C(C(=O)OC)/C(=C\C(=O)OC)N1c3ccccc3C=CC1C2(C#N)C#N. The first-order valence-corrected chi connectivity index (χ1v) is 12.0. The number of fused-ring (bicyclic) bond motifs is 5. The maximum atomic E-state index is 14.6. The molecule has 0 saturated carbocycles. The van der Waals surface area contributed by atoms with E-state index in [-0.39, 0.29) is 17.8 Å². The lowest BCUT2D eigenvalue weighted by Gasteiger charge is -2.56. The molecular weight excluding hydrogens is 496 g/mol. The van der Waals surface area contributed by atoms with Gasteiger partial charge in [-0.15, -0.1) is 6.42 Å². The molecule has 0 aliphatic carbocycles. The van der Waals surface area contributed by atoms with Gasteiger partial charge in [0.15, 0.2) is 5.41 Å². The molecule has 0 bridgehead atoms. The number of terminal acetylenes is 1. The van der Waals surface area contributed by atoms with Crippen molar-refractivity contribution >= 4 is 35.3 Å². The van der Waals surface area contributed by atoms with Gasteiger partial charge in [0, 0.05) is 23.1 Å². The van der Waals surface area contributed by atoms with Crippen molar-refractivity contribution in [1.29, 1.82) is 10.5 Å². The Morgan fingerprint density at radius 3 is 2.36 bits per heavy atom. The molecule has 2 aromatic rings. The Balaban J connectivity index is 1.98. The molecule has 0 radical (unpaired) electrons. The maximum Gasteiger partial charge on any atom is 0.332 e. The van der Waals surface area contributed by atoms with Crippen molar-refractivity contribution in [3.8, 4) is 24.5 Å². The average Bonchev–Trinajstić information content (AvgIpc) is 3.21. The van der Waals surface area contributed by atoms with Crippen LogP contribution in [0.25, 0.3) is 6.08 Å². The van der Waals surface area contributed by atoms with Crippen LogP contribution in [0.5, 0.6) is 0 Å². The minimum absolute atomic E-state index is 0.0577. The van der Waals surface area contributed by atoms with Crippen molar-refractivity contribution in [2.75, 3.05) is 30.6 Å². The first-order valence-electron chi connectivity index (χ1n) is 12.0. The highest BCUT2D eigenvalue weighted by Crippen LogP contribution is 2.64. The molecule has 3 atom stereocenters. The second-order valence-corrected chi connectivity index (χ2v) is 9.23. The Labute approximate surface area is 225 Å². The quantitative estimate of drug-likeness (QED) is 0.345. The Hall–Kier alpha value is -5.33. The van der Waals surface area contributed by atoms with Gasteiger partial charge in [0.05, 0.1) is 38.9 Å². The van der Waals surface area contributed by atoms with E-state index in [4.69, 9.17) is 15.9 Å². The summed E-state index contributed by atoms with van der Waals surface area (Å²) in [5.41, 5.74) is -2.32. The summed E-state index contributed by atoms with van der Waals surface area (Å²) in [6.07, 6.45) is 10.1. The first-order chi connectivity index (χ1) is 18.9. The number of para-hydroxylation sites is 2. The van der Waals surface area contributed by atoms with E-state index in [1.54, 1.807) is 53.5 Å². The molecular formula is C30H22N4O5. The summed E-state index contributed by atoms with van der Waals surface area (Å²) >= 11 is 0. The van der Waals surface area contributed by atoms with Gasteiger partial charge in [-0.25, -0.2) is 4.79 Å². The van der Waals surface area contributed by atoms with E-state index >= 15 is 0 Å². The fourth-order valence-electron chi connectivity index (χ4n) is 6.21. The number of amides is 1. The molecule has 0 aromatic heterocycles. The van der Waals surface area contributed by atoms with Crippen LogP contribution in [0.15, 0.2) is 66.4 Å². The molecule has 2 unspecified atom stereocenters. The zero-order valence-electron chi connectivity index (χ0n) is 21.1. The molecule has 3 heterocycles. The predicted octanol–water partition coefficient (Wildman–Crippen LogP) is 2.70. The monoisotopic (exact) mass is 518 g/mol. The number of piperidine rings is 1. The fourth-order valence-corrected chi connectivity index (χ4v) is 6.21. The van der Waals surface area contributed by atoms with E-state index in [9.17, 15) is 24.9 Å². The number of ether oxygens (including phenoxy) is 2. The van der Waals surface area contributed by atoms with E-state index in [1.165, 1.54) is 12.0 Å². The van der Waals surface area contributed by atoms with Crippen molar-refractivity contribution in [3.63, 3.8) is 0 Å². The highest BCUT2D eigenvalue weighted by Gasteiger charge is 2.76. The maximum absolute atomic E-state index is 14.6. The number of nitrogens with zero attached hydrogens (tertiary/aromatic N) is 4. The van der Waals surface area contributed by atoms with Crippen LogP contribution in [0, 0.1) is 46.3 Å². The molecule has 1 spiro atoms. The minimum atomic E-state index is -2.17. The van der Waals surface area contributed by atoms with Crippen LogP contribution in [0.2, 0.25) is 0 Å². The van der Waals surface area contributed by atoms with E-state index in [2.05, 4.69) is 18.1 Å². The van der Waals surface area contributed by atoms with Crippen molar-refractivity contribution < 1.29 is 23.9 Å². The Morgan fingerprint density at radius 2 is 1.72 bits per heavy atom. The summed E-state index contributed by atoms with van der Waals surface area (Å²) in [7, 11) is 2.33. The number of nitriles is 2. The summed E-state index contributed by atoms with van der Waals surface area (Å²) in [6.45, 7) is -0.165. The van der Waals surface area contributed by atoms with Gasteiger partial charge in [-0.3, -0.25) is 14.5 Å². The third-order valence-electron chi connectivity index (χ3n) is 7.71. The number of anilines is 2. The number of carbonyl (C=O) groups excluding carboxylic acids is 3. The largest absolute Gasteiger partial charge is 0.468 e. The van der Waals surface area contributed by atoms with Gasteiger partial charge in [0.2, 0.25) is 5.91 Å². The average molecular weight is 519 g/mol. The molecule has 3 aliphatic heterocycles. The van der Waals surface area contributed by atoms with Crippen LogP contribution < -0.4 is 9.80 Å². The van der Waals surface area contributed by atoms with Crippen LogP contribution >= 0.6 is 0 Å². The number of methoxy groups -OCH3 is 2. The molecule has 0 N–H and O–H groups in total. The first kappa shape index (κ1) is 25.3. The molecule has 2 aromatic carbocycles. The molecule has 1 amide bonds. The predicted molar refractivity (Wildman–Crippen MR) is 140 cm³/mol. The number of benzene rings is 2. The molecule has 9 nitrogen and oxygen atoms in total. The lowest BCUT2D eigenvalue weighted by atomic mass is 9.49. The zero-order valence-corrected chi connectivity index (χ0v) is 21.1. The minimum Gasteiger partial charge on any atom is -0.468 e. The van der Waals surface area contributed by atoms with Gasteiger partial charge in [-0.2, -0.15) is 10.5 Å². The third-order valence-corrected chi connectivity index (χ3v) is 7.71. The second kappa shape index (κ2) is 9.20. The van der Waals surface area contributed by atoms with Gasteiger partial charge >= 0.3 is 11.9 Å². The smallest absolute Gasteiger partial charge is 0.332 e. The summed E-state index contributed by atoms with van der Waals surface area (Å²) < 4.78 is 10.2. The summed E-state index contributed by atoms with van der Waals surface area (Å²) in [5.74, 6) is -1.54. The number of hydrogen-bond acceptors (Lipinski definition) is 8. The van der Waals surface area contributed by atoms with Gasteiger partial charge in [-0.1, -0.05) is 54.5 Å². The number of carbonyl (C=O) groups is 3. The standard InChI is InChI=1S/C30H22N4O5/c1-4-15-33-22-12-8-6-10-20(22)30(28(33)37)26(27(36)39-3)23(16-25(35)38-2)34-21-11-7-5-9-19(21)13-14-24(34)29(30,17-31)18-32/h1,5-14,16,24,26H,15H2,2-3H3/b23-16+/t24?,26?,30-/m0/s1. The summed E-state index contributed by atoms with van der Waals surface area (Å²) in [5, 5.41) is 21.8. The van der Waals surface area contributed by atoms with Gasteiger partial charge in [0.1, 0.15) is 11.3 Å². The van der Waals surface area contributed by atoms with E-state index in [0.717, 1.165) is 18.7 Å². The normalized spacial score (nSPS) is 24.6. The van der Waals surface area contributed by atoms with Crippen molar-refractivity contribution in [2.24, 2.45) is 11.3 Å². The van der Waals surface area contributed by atoms with E-state index in [1.807, 2.05) is 12.1 Å². The van der Waals surface area contributed by atoms with Gasteiger partial charge in [-0.05, 0) is 23.3 Å². The van der Waals surface area contributed by atoms with Crippen LogP contribution in [0.3, 0.4) is 0 Å². The number of esters is 2. The highest BCUT2D eigenvalue weighted by atomic mass is 16.5. The van der Waals surface area contributed by atoms with Gasteiger partial charge < -0.3 is 14.4 Å². The third kappa shape index (κ3) is 3.09. The van der Waals surface area contributed by atoms with E-state index in [0.29, 0.717) is 11.4 Å². The fraction of sp³-hybridized carbons (Fsp3) is 0.233. The Kier molecular flexibility index (Phi) is 5.98. The zero-order chi connectivity index (χ0) is 27.9. The molecule has 5 rings (SSSR count). The molecule has 1 saturated heterocycles. The van der Waals surface area contributed by atoms with Crippen LogP contribution in [0.1, 0.15) is 11.1 Å². The van der Waals surface area contributed by atoms with E-state index < -0.39 is 40.6 Å². The summed E-state index contributed by atoms with van der Waals surface area (Å²) in [6, 6.07) is 17.0. The van der Waals surface area contributed by atoms with Crippen LogP contribution in [0.4, 0.5) is 11.4 Å². The molecule has 39 heavy (non-hydrogen) atoms. The Bertz CT molecular complexity index is 1590. The molecule has 1 fully saturated rings. The van der Waals surface area contributed by atoms with Crippen molar-refractivity contribution in [3.05, 3.63) is 77.5 Å². The Morgan fingerprint density at radius 1 is 1.05 bits per heavy atom. The molecule has 9 heteroatoms. The molecule has 3 aliphatic rings. The number of rotatable bonds is 3. The van der Waals surface area contributed by atoms with Crippen molar-refractivity contribution in [1.82, 2.24) is 0 Å². The van der Waals surface area contributed by atoms with Crippen molar-refractivity contribution in [2.45, 2.75) is 11.5 Å². The van der Waals surface area contributed by atoms with Gasteiger partial charge in [0.25, 0.3) is 0 Å². The second-order valence-electron chi connectivity index (χ2n) is 9.23. The lowest BCUT2D eigenvalue weighted by molar-refractivity contribution is -0.152. The van der Waals surface area contributed by atoms with Crippen LogP contribution in [-0.2, 0) is 29.3 Å². The topological polar surface area (TPSA) is 124 Å².